The number of carbonyl (C=O) groups excluding carboxylic acids is 2. The molecule has 154 valence electrons. The minimum atomic E-state index is -2.04. The molecule has 1 amide bonds. The van der Waals surface area contributed by atoms with Crippen molar-refractivity contribution in [3.63, 3.8) is 0 Å². The van der Waals surface area contributed by atoms with Crippen molar-refractivity contribution in [1.82, 2.24) is 4.57 Å². The number of β-lactam (4-membered cyclic amide) rings is 1. The summed E-state index contributed by atoms with van der Waals surface area (Å²) in [4.78, 5) is 25.4. The topological polar surface area (TPSA) is 66.8 Å². The number of hydrogen-bond donors (Lipinski definition) is 1. The fraction of sp³-hybridized carbons (Fsp3) is 0.545. The number of amides is 1. The van der Waals surface area contributed by atoms with Crippen LogP contribution in [-0.4, -0.2) is 41.9 Å². The van der Waals surface area contributed by atoms with Gasteiger partial charge in [0.25, 0.3) is 0 Å². The minimum absolute atomic E-state index is 0.000871. The first kappa shape index (κ1) is 22.4. The Labute approximate surface area is 169 Å². The molecular formula is C22H33NO4Si. The SMILES string of the molecule is C=CC[C@H](C[C@]1(O)CN([Si](C)(C)C(C)(C)C)C1=O)C(=O)OCc1ccccc1. The van der Waals surface area contributed by atoms with Crippen molar-refractivity contribution in [2.75, 3.05) is 6.54 Å². The highest BCUT2D eigenvalue weighted by atomic mass is 28.3. The largest absolute Gasteiger partial charge is 0.461 e. The van der Waals surface area contributed by atoms with Gasteiger partial charge < -0.3 is 14.4 Å². The summed E-state index contributed by atoms with van der Waals surface area (Å²) in [5, 5.41) is 10.9. The van der Waals surface area contributed by atoms with Crippen LogP contribution >= 0.6 is 0 Å². The van der Waals surface area contributed by atoms with Gasteiger partial charge in [0, 0.05) is 6.42 Å². The Hall–Kier alpha value is -1.92. The molecule has 1 aromatic rings. The number of nitrogens with zero attached hydrogens (tertiary/aromatic N) is 1. The Morgan fingerprint density at radius 2 is 1.96 bits per heavy atom. The summed E-state index contributed by atoms with van der Waals surface area (Å²) in [6.45, 7) is 14.8. The standard InChI is InChI=1S/C22H33NO4Si/c1-7-11-18(19(24)27-15-17-12-9-8-10-13-17)14-22(26)16-23(20(22)25)28(5,6)21(2,3)4/h7-10,12-13,18,26H,1,11,14-16H2,2-6H3/t18-,22+/m1/s1. The van der Waals surface area contributed by atoms with Crippen LogP contribution in [0.1, 0.15) is 39.2 Å². The van der Waals surface area contributed by atoms with Crippen LogP contribution in [0.4, 0.5) is 0 Å². The Balaban J connectivity index is 2.02. The normalized spacial score (nSPS) is 21.1. The molecule has 0 spiro atoms. The van der Waals surface area contributed by atoms with Crippen molar-refractivity contribution in [3.05, 3.63) is 48.6 Å². The van der Waals surface area contributed by atoms with Gasteiger partial charge in [0.1, 0.15) is 6.61 Å². The second-order valence-electron chi connectivity index (χ2n) is 9.25. The molecule has 2 rings (SSSR count). The maximum Gasteiger partial charge on any atom is 0.309 e. The minimum Gasteiger partial charge on any atom is -0.461 e. The van der Waals surface area contributed by atoms with E-state index in [1.165, 1.54) is 0 Å². The number of carbonyl (C=O) groups is 2. The van der Waals surface area contributed by atoms with E-state index in [4.69, 9.17) is 4.74 Å². The highest BCUT2D eigenvalue weighted by Crippen LogP contribution is 2.44. The molecule has 0 unspecified atom stereocenters. The summed E-state index contributed by atoms with van der Waals surface area (Å²) in [5.74, 6) is -1.25. The number of β-amino-alcohol motifs (C(OH)–C–C–N with tert-alkyl or cyclic N) is 1. The van der Waals surface area contributed by atoms with Crippen LogP contribution < -0.4 is 0 Å². The van der Waals surface area contributed by atoms with Crippen LogP contribution in [-0.2, 0) is 20.9 Å². The van der Waals surface area contributed by atoms with E-state index in [2.05, 4.69) is 40.4 Å². The Morgan fingerprint density at radius 1 is 1.36 bits per heavy atom. The zero-order chi connectivity index (χ0) is 21.2. The van der Waals surface area contributed by atoms with Crippen molar-refractivity contribution in [2.45, 2.75) is 64.0 Å². The van der Waals surface area contributed by atoms with Gasteiger partial charge >= 0.3 is 5.97 Å². The van der Waals surface area contributed by atoms with Crippen molar-refractivity contribution in [2.24, 2.45) is 5.92 Å². The first-order chi connectivity index (χ1) is 12.9. The van der Waals surface area contributed by atoms with Gasteiger partial charge in [0.2, 0.25) is 5.91 Å². The van der Waals surface area contributed by atoms with Gasteiger partial charge in [0.15, 0.2) is 13.8 Å². The van der Waals surface area contributed by atoms with E-state index >= 15 is 0 Å². The molecule has 1 aliphatic rings. The quantitative estimate of drug-likeness (QED) is 0.309. The third kappa shape index (κ3) is 4.55. The first-order valence-corrected chi connectivity index (χ1v) is 12.7. The molecule has 1 heterocycles. The lowest BCUT2D eigenvalue weighted by molar-refractivity contribution is -0.172. The highest BCUT2D eigenvalue weighted by molar-refractivity contribution is 6.80. The van der Waals surface area contributed by atoms with Gasteiger partial charge in [-0.1, -0.05) is 70.3 Å². The van der Waals surface area contributed by atoms with Crippen LogP contribution in [0.15, 0.2) is 43.0 Å². The average Bonchev–Trinajstić information content (AvgIpc) is 2.63. The summed E-state index contributed by atoms with van der Waals surface area (Å²) < 4.78 is 7.27. The van der Waals surface area contributed by atoms with E-state index in [0.29, 0.717) is 6.42 Å². The van der Waals surface area contributed by atoms with E-state index in [0.717, 1.165) is 5.56 Å². The second kappa shape index (κ2) is 8.21. The van der Waals surface area contributed by atoms with Gasteiger partial charge in [-0.2, -0.15) is 0 Å². The van der Waals surface area contributed by atoms with Crippen LogP contribution in [0.5, 0.6) is 0 Å². The van der Waals surface area contributed by atoms with Crippen molar-refractivity contribution in [3.8, 4) is 0 Å². The number of aliphatic hydroxyl groups is 1. The van der Waals surface area contributed by atoms with Crippen LogP contribution in [0.2, 0.25) is 18.1 Å². The zero-order valence-electron chi connectivity index (χ0n) is 17.7. The molecule has 1 aliphatic heterocycles. The molecule has 6 heteroatoms. The molecule has 1 N–H and O–H groups in total. The molecule has 0 saturated carbocycles. The number of rotatable bonds is 8. The van der Waals surface area contributed by atoms with Crippen LogP contribution in [0.3, 0.4) is 0 Å². The smallest absolute Gasteiger partial charge is 0.309 e. The van der Waals surface area contributed by atoms with Gasteiger partial charge in [-0.05, 0) is 17.0 Å². The summed E-state index contributed by atoms with van der Waals surface area (Å²) in [7, 11) is -2.04. The maximum atomic E-state index is 12.9. The maximum absolute atomic E-state index is 12.9. The van der Waals surface area contributed by atoms with Crippen LogP contribution in [0, 0.1) is 5.92 Å². The fourth-order valence-electron chi connectivity index (χ4n) is 3.29. The molecule has 1 fully saturated rings. The van der Waals surface area contributed by atoms with E-state index in [9.17, 15) is 14.7 Å². The number of benzene rings is 1. The van der Waals surface area contributed by atoms with E-state index < -0.39 is 25.7 Å². The average molecular weight is 404 g/mol. The van der Waals surface area contributed by atoms with Crippen LogP contribution in [0.25, 0.3) is 0 Å². The number of ether oxygens (including phenoxy) is 1. The Morgan fingerprint density at radius 3 is 2.46 bits per heavy atom. The lowest BCUT2D eigenvalue weighted by Crippen LogP contribution is -2.76. The highest BCUT2D eigenvalue weighted by Gasteiger charge is 2.59. The van der Waals surface area contributed by atoms with Gasteiger partial charge in [-0.3, -0.25) is 9.59 Å². The summed E-state index contributed by atoms with van der Waals surface area (Å²) in [5.41, 5.74) is -0.592. The lowest BCUT2D eigenvalue weighted by Gasteiger charge is -2.56. The predicted molar refractivity (Wildman–Crippen MR) is 113 cm³/mol. The van der Waals surface area contributed by atoms with Crippen molar-refractivity contribution in [1.29, 1.82) is 0 Å². The third-order valence-electron chi connectivity index (χ3n) is 6.17. The molecule has 0 bridgehead atoms. The van der Waals surface area contributed by atoms with Gasteiger partial charge in [-0.25, -0.2) is 0 Å². The van der Waals surface area contributed by atoms with Gasteiger partial charge in [-0.15, -0.1) is 6.58 Å². The summed E-state index contributed by atoms with van der Waals surface area (Å²) in [6, 6.07) is 9.44. The monoisotopic (exact) mass is 403 g/mol. The predicted octanol–water partition coefficient (Wildman–Crippen LogP) is 3.89. The molecule has 0 aliphatic carbocycles. The fourth-order valence-corrected chi connectivity index (χ4v) is 5.47. The first-order valence-electron chi connectivity index (χ1n) is 9.78. The lowest BCUT2D eigenvalue weighted by atomic mass is 9.83. The molecule has 2 atom stereocenters. The second-order valence-corrected chi connectivity index (χ2v) is 14.4. The molecule has 1 aromatic carbocycles. The molecule has 0 radical (unpaired) electrons. The molecule has 5 nitrogen and oxygen atoms in total. The molecule has 1 saturated heterocycles. The van der Waals surface area contributed by atoms with E-state index in [1.54, 1.807) is 6.08 Å². The number of hydrogen-bond acceptors (Lipinski definition) is 4. The van der Waals surface area contributed by atoms with E-state index in [-0.39, 0.29) is 30.5 Å². The molecule has 28 heavy (non-hydrogen) atoms. The summed E-state index contributed by atoms with van der Waals surface area (Å²) in [6.07, 6.45) is 2.06. The Bertz CT molecular complexity index is 726. The number of allylic oxidation sites excluding steroid dienone is 1. The van der Waals surface area contributed by atoms with Crippen molar-refractivity contribution >= 4 is 20.1 Å². The zero-order valence-corrected chi connectivity index (χ0v) is 18.7. The Kier molecular flexibility index (Phi) is 6.56. The molecule has 0 aromatic heterocycles. The summed E-state index contributed by atoms with van der Waals surface area (Å²) >= 11 is 0. The number of esters is 1. The van der Waals surface area contributed by atoms with Gasteiger partial charge in [0.05, 0.1) is 12.5 Å². The third-order valence-corrected chi connectivity index (χ3v) is 11.5. The van der Waals surface area contributed by atoms with Crippen molar-refractivity contribution < 1.29 is 19.4 Å². The molecular weight excluding hydrogens is 370 g/mol. The van der Waals surface area contributed by atoms with E-state index in [1.807, 2.05) is 34.9 Å².